The van der Waals surface area contributed by atoms with Crippen LogP contribution in [0, 0.1) is 22.0 Å². The fraction of sp³-hybridized carbons (Fsp3) is 0.200. The van der Waals surface area contributed by atoms with E-state index in [0.29, 0.717) is 0 Å². The first kappa shape index (κ1) is 11.3. The van der Waals surface area contributed by atoms with Gasteiger partial charge in [0.1, 0.15) is 6.61 Å². The van der Waals surface area contributed by atoms with E-state index in [9.17, 15) is 10.1 Å². The van der Waals surface area contributed by atoms with Gasteiger partial charge in [0.05, 0.1) is 10.8 Å². The number of nitrogens with zero attached hydrogens (tertiary/aromatic N) is 1. The molecule has 0 amide bonds. The van der Waals surface area contributed by atoms with E-state index in [2.05, 4.69) is 11.8 Å². The molecule has 1 aromatic carbocycles. The zero-order valence-corrected chi connectivity index (χ0v) is 8.53. The Bertz CT molecular complexity index is 409. The number of hydrogen-bond acceptors (Lipinski definition) is 3. The van der Waals surface area contributed by atoms with Crippen LogP contribution in [0.15, 0.2) is 24.3 Å². The molecule has 0 saturated carbocycles. The molecule has 0 heterocycles. The van der Waals surface area contributed by atoms with Gasteiger partial charge in [-0.05, 0) is 6.07 Å². The van der Waals surface area contributed by atoms with Crippen molar-refractivity contribution in [2.45, 2.75) is 0 Å². The summed E-state index contributed by atoms with van der Waals surface area (Å²) in [5, 5.41) is 10.6. The monoisotopic (exact) mass is 225 g/mol. The maximum absolute atomic E-state index is 10.6. The van der Waals surface area contributed by atoms with Gasteiger partial charge in [-0.2, -0.15) is 0 Å². The molecule has 0 bridgehead atoms. The minimum atomic E-state index is -0.496. The van der Waals surface area contributed by atoms with Crippen LogP contribution in [-0.4, -0.2) is 17.4 Å². The maximum atomic E-state index is 10.6. The van der Waals surface area contributed by atoms with Crippen LogP contribution in [0.25, 0.3) is 0 Å². The van der Waals surface area contributed by atoms with Crippen molar-refractivity contribution >= 4 is 17.3 Å². The average Bonchev–Trinajstić information content (AvgIpc) is 2.25. The second-order valence-corrected chi connectivity index (χ2v) is 2.77. The summed E-state index contributed by atoms with van der Waals surface area (Å²) >= 11 is 5.33. The molecule has 5 heteroatoms. The van der Waals surface area contributed by atoms with Crippen LogP contribution in [-0.2, 0) is 0 Å². The Morgan fingerprint density at radius 3 is 2.80 bits per heavy atom. The van der Waals surface area contributed by atoms with E-state index in [1.807, 2.05) is 0 Å². The van der Waals surface area contributed by atoms with Gasteiger partial charge in [0.2, 0.25) is 0 Å². The van der Waals surface area contributed by atoms with Crippen molar-refractivity contribution in [3.05, 3.63) is 34.4 Å². The van der Waals surface area contributed by atoms with Crippen LogP contribution in [0.2, 0.25) is 0 Å². The molecule has 4 nitrogen and oxygen atoms in total. The van der Waals surface area contributed by atoms with E-state index in [1.165, 1.54) is 12.1 Å². The van der Waals surface area contributed by atoms with Gasteiger partial charge in [-0.1, -0.05) is 24.0 Å². The predicted octanol–water partition coefficient (Wildman–Crippen LogP) is 2.22. The molecule has 0 spiro atoms. The van der Waals surface area contributed by atoms with E-state index in [0.717, 1.165) is 0 Å². The van der Waals surface area contributed by atoms with Gasteiger partial charge < -0.3 is 4.74 Å². The number of benzene rings is 1. The highest BCUT2D eigenvalue weighted by Gasteiger charge is 2.12. The molecule has 0 atom stereocenters. The summed E-state index contributed by atoms with van der Waals surface area (Å²) in [7, 11) is 0. The third-order valence-electron chi connectivity index (χ3n) is 1.55. The van der Waals surface area contributed by atoms with E-state index >= 15 is 0 Å². The molecule has 0 aliphatic carbocycles. The first-order chi connectivity index (χ1) is 7.25. The van der Waals surface area contributed by atoms with Gasteiger partial charge in [-0.15, -0.1) is 11.6 Å². The average molecular weight is 226 g/mol. The Kier molecular flexibility index (Phi) is 4.45. The lowest BCUT2D eigenvalue weighted by molar-refractivity contribution is -0.385. The Hall–Kier alpha value is -1.73. The summed E-state index contributed by atoms with van der Waals surface area (Å²) in [6.45, 7) is 0.0948. The van der Waals surface area contributed by atoms with E-state index in [4.69, 9.17) is 16.3 Å². The Balaban J connectivity index is 2.72. The Labute approximate surface area is 92.0 Å². The molecule has 0 fully saturated rings. The van der Waals surface area contributed by atoms with Crippen LogP contribution >= 0.6 is 11.6 Å². The van der Waals surface area contributed by atoms with Gasteiger partial charge >= 0.3 is 5.69 Å². The summed E-state index contributed by atoms with van der Waals surface area (Å²) in [6.07, 6.45) is 0. The molecule has 0 radical (unpaired) electrons. The van der Waals surface area contributed by atoms with Crippen molar-refractivity contribution in [3.8, 4) is 17.6 Å². The van der Waals surface area contributed by atoms with Crippen LogP contribution in [0.5, 0.6) is 5.75 Å². The fourth-order valence-corrected chi connectivity index (χ4v) is 1.04. The molecule has 0 saturated heterocycles. The van der Waals surface area contributed by atoms with E-state index in [-0.39, 0.29) is 23.9 Å². The van der Waals surface area contributed by atoms with Gasteiger partial charge in [-0.25, -0.2) is 0 Å². The van der Waals surface area contributed by atoms with Crippen molar-refractivity contribution in [1.82, 2.24) is 0 Å². The second-order valence-electron chi connectivity index (χ2n) is 2.50. The normalized spacial score (nSPS) is 8.87. The number of para-hydroxylation sites is 2. The summed E-state index contributed by atoms with van der Waals surface area (Å²) in [4.78, 5) is 10.1. The SMILES string of the molecule is O=[N+]([O-])c1ccccc1OCC#CCCl. The van der Waals surface area contributed by atoms with E-state index < -0.39 is 4.92 Å². The molecule has 0 N–H and O–H groups in total. The van der Waals surface area contributed by atoms with Crippen LogP contribution < -0.4 is 4.74 Å². The third-order valence-corrected chi connectivity index (χ3v) is 1.69. The number of rotatable bonds is 3. The first-order valence-electron chi connectivity index (χ1n) is 4.13. The minimum absolute atomic E-state index is 0.0647. The molecular formula is C10H8ClNO3. The Morgan fingerprint density at radius 1 is 1.40 bits per heavy atom. The highest BCUT2D eigenvalue weighted by atomic mass is 35.5. The number of alkyl halides is 1. The third kappa shape index (κ3) is 3.49. The fourth-order valence-electron chi connectivity index (χ4n) is 0.942. The molecule has 0 aromatic heterocycles. The van der Waals surface area contributed by atoms with Crippen LogP contribution in [0.1, 0.15) is 0 Å². The second kappa shape index (κ2) is 5.89. The topological polar surface area (TPSA) is 52.4 Å². The lowest BCUT2D eigenvalue weighted by Gasteiger charge is -2.01. The number of hydrogen-bond donors (Lipinski definition) is 0. The lowest BCUT2D eigenvalue weighted by atomic mass is 10.3. The lowest BCUT2D eigenvalue weighted by Crippen LogP contribution is -1.98. The van der Waals surface area contributed by atoms with Gasteiger partial charge in [-0.3, -0.25) is 10.1 Å². The van der Waals surface area contributed by atoms with Gasteiger partial charge in [0.15, 0.2) is 5.75 Å². The zero-order valence-electron chi connectivity index (χ0n) is 7.77. The molecule has 0 aliphatic rings. The molecular weight excluding hydrogens is 218 g/mol. The number of ether oxygens (including phenoxy) is 1. The quantitative estimate of drug-likeness (QED) is 0.343. The smallest absolute Gasteiger partial charge is 0.310 e. The summed E-state index contributed by atoms with van der Waals surface area (Å²) in [5.41, 5.74) is -0.0647. The summed E-state index contributed by atoms with van der Waals surface area (Å²) in [6, 6.07) is 6.15. The number of nitro benzene ring substituents is 1. The molecule has 0 aliphatic heterocycles. The van der Waals surface area contributed by atoms with Gasteiger partial charge in [0, 0.05) is 6.07 Å². The van der Waals surface area contributed by atoms with Crippen molar-refractivity contribution in [2.24, 2.45) is 0 Å². The molecule has 1 aromatic rings. The van der Waals surface area contributed by atoms with Crippen molar-refractivity contribution in [1.29, 1.82) is 0 Å². The Morgan fingerprint density at radius 2 is 2.13 bits per heavy atom. The molecule has 0 unspecified atom stereocenters. The summed E-state index contributed by atoms with van der Waals surface area (Å²) < 4.78 is 5.13. The van der Waals surface area contributed by atoms with E-state index in [1.54, 1.807) is 12.1 Å². The first-order valence-corrected chi connectivity index (χ1v) is 4.67. The highest BCUT2D eigenvalue weighted by Crippen LogP contribution is 2.25. The van der Waals surface area contributed by atoms with Crippen molar-refractivity contribution in [2.75, 3.05) is 12.5 Å². The summed E-state index contributed by atoms with van der Waals surface area (Å²) in [5.74, 6) is 5.65. The van der Waals surface area contributed by atoms with Crippen molar-refractivity contribution in [3.63, 3.8) is 0 Å². The predicted molar refractivity (Wildman–Crippen MR) is 57.1 cm³/mol. The minimum Gasteiger partial charge on any atom is -0.474 e. The number of halogens is 1. The molecule has 1 rings (SSSR count). The molecule has 78 valence electrons. The highest BCUT2D eigenvalue weighted by molar-refractivity contribution is 6.19. The van der Waals surface area contributed by atoms with Crippen LogP contribution in [0.3, 0.4) is 0 Å². The standard InChI is InChI=1S/C10H8ClNO3/c11-7-3-4-8-15-10-6-2-1-5-9(10)12(13)14/h1-2,5-6H,7-8H2. The van der Waals surface area contributed by atoms with Gasteiger partial charge in [0.25, 0.3) is 0 Å². The molecule has 15 heavy (non-hydrogen) atoms. The maximum Gasteiger partial charge on any atom is 0.310 e. The largest absolute Gasteiger partial charge is 0.474 e. The van der Waals surface area contributed by atoms with Crippen LogP contribution in [0.4, 0.5) is 5.69 Å². The van der Waals surface area contributed by atoms with Crippen molar-refractivity contribution < 1.29 is 9.66 Å². The zero-order chi connectivity index (χ0) is 11.1. The number of nitro groups is 1.